The first-order chi connectivity index (χ1) is 8.15. The summed E-state index contributed by atoms with van der Waals surface area (Å²) in [6, 6.07) is 6.66. The minimum absolute atomic E-state index is 0.833. The number of halogens is 1. The summed E-state index contributed by atoms with van der Waals surface area (Å²) in [6.45, 7) is 3.04. The van der Waals surface area contributed by atoms with Crippen LogP contribution in [-0.4, -0.2) is 18.3 Å². The predicted molar refractivity (Wildman–Crippen MR) is 80.6 cm³/mol. The van der Waals surface area contributed by atoms with Crippen molar-refractivity contribution in [2.24, 2.45) is 7.05 Å². The first kappa shape index (κ1) is 12.9. The molecule has 0 spiro atoms. The number of rotatable bonds is 4. The predicted octanol–water partition coefficient (Wildman–Crippen LogP) is 3.67. The summed E-state index contributed by atoms with van der Waals surface area (Å²) in [4.78, 5) is 0. The minimum Gasteiger partial charge on any atom is -0.385 e. The average Bonchev–Trinajstić information content (AvgIpc) is 2.54. The minimum atomic E-state index is 0.833. The van der Waals surface area contributed by atoms with Crippen LogP contribution in [0.3, 0.4) is 0 Å². The SMILES string of the molecule is COCCCc1c(C)n(C)c2ccc(I)cc12. The molecular weight excluding hydrogens is 325 g/mol. The zero-order valence-corrected chi connectivity index (χ0v) is 12.7. The maximum Gasteiger partial charge on any atom is 0.0483 e. The van der Waals surface area contributed by atoms with Gasteiger partial charge < -0.3 is 9.30 Å². The molecule has 92 valence electrons. The molecule has 0 aliphatic carbocycles. The van der Waals surface area contributed by atoms with Gasteiger partial charge in [-0.1, -0.05) is 0 Å². The Morgan fingerprint density at radius 1 is 1.35 bits per heavy atom. The van der Waals surface area contributed by atoms with Gasteiger partial charge in [-0.25, -0.2) is 0 Å². The van der Waals surface area contributed by atoms with Gasteiger partial charge in [-0.2, -0.15) is 0 Å². The molecule has 0 N–H and O–H groups in total. The fourth-order valence-electron chi connectivity index (χ4n) is 2.33. The molecule has 0 bridgehead atoms. The molecule has 2 nitrogen and oxygen atoms in total. The van der Waals surface area contributed by atoms with Crippen LogP contribution in [0.4, 0.5) is 0 Å². The molecule has 0 unspecified atom stereocenters. The topological polar surface area (TPSA) is 14.2 Å². The van der Waals surface area contributed by atoms with E-state index in [1.54, 1.807) is 7.11 Å². The van der Waals surface area contributed by atoms with Crippen molar-refractivity contribution in [1.82, 2.24) is 4.57 Å². The maximum absolute atomic E-state index is 5.14. The van der Waals surface area contributed by atoms with Crippen molar-refractivity contribution in [1.29, 1.82) is 0 Å². The van der Waals surface area contributed by atoms with Crippen molar-refractivity contribution < 1.29 is 4.74 Å². The Labute approximate surface area is 116 Å². The molecule has 2 rings (SSSR count). The Morgan fingerprint density at radius 2 is 2.12 bits per heavy atom. The fraction of sp³-hybridized carbons (Fsp3) is 0.429. The number of nitrogens with zero attached hydrogens (tertiary/aromatic N) is 1. The lowest BCUT2D eigenvalue weighted by molar-refractivity contribution is 0.195. The smallest absolute Gasteiger partial charge is 0.0483 e. The van der Waals surface area contributed by atoms with Crippen LogP contribution >= 0.6 is 22.6 Å². The average molecular weight is 343 g/mol. The summed E-state index contributed by atoms with van der Waals surface area (Å²) in [5.74, 6) is 0. The van der Waals surface area contributed by atoms with E-state index >= 15 is 0 Å². The van der Waals surface area contributed by atoms with E-state index < -0.39 is 0 Å². The first-order valence-electron chi connectivity index (χ1n) is 5.87. The fourth-order valence-corrected chi connectivity index (χ4v) is 2.82. The normalized spacial score (nSPS) is 11.3. The molecule has 2 aromatic rings. The summed E-state index contributed by atoms with van der Waals surface area (Å²) >= 11 is 2.38. The van der Waals surface area contributed by atoms with Crippen LogP contribution in [0.25, 0.3) is 10.9 Å². The number of methoxy groups -OCH3 is 1. The summed E-state index contributed by atoms with van der Waals surface area (Å²) < 4.78 is 8.72. The van der Waals surface area contributed by atoms with Crippen molar-refractivity contribution in [2.45, 2.75) is 19.8 Å². The van der Waals surface area contributed by atoms with Crippen molar-refractivity contribution in [3.8, 4) is 0 Å². The summed E-state index contributed by atoms with van der Waals surface area (Å²) in [5, 5.41) is 1.40. The standard InChI is InChI=1S/C14H18INO/c1-10-12(5-4-8-17-3)13-9-11(15)6-7-14(13)16(10)2/h6-7,9H,4-5,8H2,1-3H3. The van der Waals surface area contributed by atoms with Crippen molar-refractivity contribution in [3.05, 3.63) is 33.0 Å². The van der Waals surface area contributed by atoms with Crippen LogP contribution < -0.4 is 0 Å². The highest BCUT2D eigenvalue weighted by molar-refractivity contribution is 14.1. The lowest BCUT2D eigenvalue weighted by Crippen LogP contribution is -1.95. The van der Waals surface area contributed by atoms with Gasteiger partial charge in [0.15, 0.2) is 0 Å². The van der Waals surface area contributed by atoms with Gasteiger partial charge in [0.2, 0.25) is 0 Å². The Hall–Kier alpha value is -0.550. The van der Waals surface area contributed by atoms with Gasteiger partial charge in [-0.3, -0.25) is 0 Å². The highest BCUT2D eigenvalue weighted by Crippen LogP contribution is 2.27. The van der Waals surface area contributed by atoms with Gasteiger partial charge in [0.1, 0.15) is 0 Å². The lowest BCUT2D eigenvalue weighted by Gasteiger charge is -2.02. The number of aryl methyl sites for hydroxylation is 2. The summed E-state index contributed by atoms with van der Waals surface area (Å²) in [6.07, 6.45) is 2.18. The molecule has 0 radical (unpaired) electrons. The summed E-state index contributed by atoms with van der Waals surface area (Å²) in [5.41, 5.74) is 4.17. The molecule has 1 heterocycles. The van der Waals surface area contributed by atoms with Gasteiger partial charge in [-0.05, 0) is 66.1 Å². The Balaban J connectivity index is 2.45. The zero-order chi connectivity index (χ0) is 12.4. The number of aromatic nitrogens is 1. The highest BCUT2D eigenvalue weighted by atomic mass is 127. The Bertz CT molecular complexity index is 530. The molecule has 0 amide bonds. The number of fused-ring (bicyclic) bond motifs is 1. The van der Waals surface area contributed by atoms with Gasteiger partial charge >= 0.3 is 0 Å². The third-order valence-electron chi connectivity index (χ3n) is 3.36. The van der Waals surface area contributed by atoms with Crippen LogP contribution in [0.2, 0.25) is 0 Å². The molecule has 1 aromatic heterocycles. The largest absolute Gasteiger partial charge is 0.385 e. The molecule has 0 saturated carbocycles. The van der Waals surface area contributed by atoms with E-state index in [4.69, 9.17) is 4.74 Å². The monoisotopic (exact) mass is 343 g/mol. The van der Waals surface area contributed by atoms with Gasteiger partial charge in [-0.15, -0.1) is 0 Å². The number of ether oxygens (including phenoxy) is 1. The van der Waals surface area contributed by atoms with E-state index in [0.29, 0.717) is 0 Å². The lowest BCUT2D eigenvalue weighted by atomic mass is 10.1. The van der Waals surface area contributed by atoms with E-state index in [9.17, 15) is 0 Å². The van der Waals surface area contributed by atoms with Gasteiger partial charge in [0.25, 0.3) is 0 Å². The molecule has 0 saturated heterocycles. The van der Waals surface area contributed by atoms with Crippen molar-refractivity contribution in [2.75, 3.05) is 13.7 Å². The Morgan fingerprint density at radius 3 is 2.82 bits per heavy atom. The van der Waals surface area contributed by atoms with Crippen LogP contribution in [0, 0.1) is 10.5 Å². The van der Waals surface area contributed by atoms with E-state index in [-0.39, 0.29) is 0 Å². The second-order valence-corrected chi connectivity index (χ2v) is 5.63. The highest BCUT2D eigenvalue weighted by Gasteiger charge is 2.11. The van der Waals surface area contributed by atoms with Crippen LogP contribution in [-0.2, 0) is 18.2 Å². The van der Waals surface area contributed by atoms with E-state index in [2.05, 4.69) is 59.3 Å². The Kier molecular flexibility index (Phi) is 4.09. The number of benzene rings is 1. The van der Waals surface area contributed by atoms with E-state index in [1.165, 1.54) is 25.7 Å². The quantitative estimate of drug-likeness (QED) is 0.610. The molecule has 0 fully saturated rings. The number of hydrogen-bond donors (Lipinski definition) is 0. The molecule has 0 aliphatic rings. The van der Waals surface area contributed by atoms with E-state index in [1.807, 2.05) is 0 Å². The van der Waals surface area contributed by atoms with Crippen LogP contribution in [0.5, 0.6) is 0 Å². The molecule has 0 atom stereocenters. The van der Waals surface area contributed by atoms with Crippen LogP contribution in [0.15, 0.2) is 18.2 Å². The first-order valence-corrected chi connectivity index (χ1v) is 6.95. The third kappa shape index (κ3) is 2.50. The van der Waals surface area contributed by atoms with Gasteiger partial charge in [0.05, 0.1) is 0 Å². The van der Waals surface area contributed by atoms with E-state index in [0.717, 1.165) is 19.4 Å². The second-order valence-electron chi connectivity index (χ2n) is 4.38. The molecular formula is C14H18INO. The second kappa shape index (κ2) is 5.40. The number of hydrogen-bond acceptors (Lipinski definition) is 1. The maximum atomic E-state index is 5.14. The molecule has 0 aliphatic heterocycles. The van der Waals surface area contributed by atoms with Crippen molar-refractivity contribution in [3.63, 3.8) is 0 Å². The zero-order valence-electron chi connectivity index (χ0n) is 10.6. The summed E-state index contributed by atoms with van der Waals surface area (Å²) in [7, 11) is 3.91. The molecule has 3 heteroatoms. The van der Waals surface area contributed by atoms with Crippen LogP contribution in [0.1, 0.15) is 17.7 Å². The third-order valence-corrected chi connectivity index (χ3v) is 4.03. The van der Waals surface area contributed by atoms with Crippen molar-refractivity contribution >= 4 is 33.5 Å². The molecule has 17 heavy (non-hydrogen) atoms. The van der Waals surface area contributed by atoms with Gasteiger partial charge in [0, 0.05) is 40.9 Å². The molecule has 1 aromatic carbocycles.